The van der Waals surface area contributed by atoms with Gasteiger partial charge in [-0.05, 0) is 52.3 Å². The van der Waals surface area contributed by atoms with Crippen LogP contribution in [0.4, 0.5) is 0 Å². The van der Waals surface area contributed by atoms with E-state index < -0.39 is 0 Å². The normalized spacial score (nSPS) is 10.5. The molecule has 0 saturated carbocycles. The number of ketones is 1. The van der Waals surface area contributed by atoms with Crippen molar-refractivity contribution in [1.82, 2.24) is 4.98 Å². The molecule has 0 fully saturated rings. The van der Waals surface area contributed by atoms with Crippen LogP contribution < -0.4 is 0 Å². The first kappa shape index (κ1) is 14.1. The average Bonchev–Trinajstić information content (AvgIpc) is 2.89. The number of fused-ring (bicyclic) bond motifs is 1. The highest BCUT2D eigenvalue weighted by Crippen LogP contribution is 2.27. The highest BCUT2D eigenvalue weighted by molar-refractivity contribution is 9.11. The van der Waals surface area contributed by atoms with Crippen LogP contribution in [-0.4, -0.2) is 10.8 Å². The maximum atomic E-state index is 12.7. The Kier molecular flexibility index (Phi) is 3.66. The number of nitrogens with one attached hydrogen (secondary N) is 1. The average molecular weight is 404 g/mol. The van der Waals surface area contributed by atoms with E-state index in [0.29, 0.717) is 16.7 Å². The molecule has 0 aliphatic rings. The Balaban J connectivity index is 2.16. The van der Waals surface area contributed by atoms with Crippen molar-refractivity contribution in [2.75, 3.05) is 0 Å². The fourth-order valence-electron chi connectivity index (χ4n) is 2.20. The molecule has 1 heterocycles. The molecule has 1 aromatic heterocycles. The van der Waals surface area contributed by atoms with Crippen LogP contribution in [0.2, 0.25) is 0 Å². The number of rotatable bonds is 2. The van der Waals surface area contributed by atoms with Crippen LogP contribution in [0.1, 0.15) is 21.5 Å². The summed E-state index contributed by atoms with van der Waals surface area (Å²) < 4.78 is 1.63. The van der Waals surface area contributed by atoms with Gasteiger partial charge in [-0.1, -0.05) is 15.9 Å². The number of halogens is 2. The third kappa shape index (κ3) is 2.53. The van der Waals surface area contributed by atoms with Crippen molar-refractivity contribution in [2.24, 2.45) is 0 Å². The fraction of sp³-hybridized carbons (Fsp3) is 0. The van der Waals surface area contributed by atoms with Crippen LogP contribution >= 0.6 is 31.9 Å². The molecule has 3 aromatic rings. The topological polar surface area (TPSA) is 56.6 Å². The van der Waals surface area contributed by atoms with Gasteiger partial charge in [-0.3, -0.25) is 4.79 Å². The largest absolute Gasteiger partial charge is 0.360 e. The van der Waals surface area contributed by atoms with Crippen molar-refractivity contribution < 1.29 is 4.79 Å². The number of benzene rings is 2. The third-order valence-electron chi connectivity index (χ3n) is 3.23. The molecular formula is C16H8Br2N2O. The second-order valence-electron chi connectivity index (χ2n) is 4.53. The predicted octanol–water partition coefficient (Wildman–Crippen LogP) is 4.80. The first-order chi connectivity index (χ1) is 10.1. The summed E-state index contributed by atoms with van der Waals surface area (Å²) >= 11 is 6.78. The zero-order valence-corrected chi connectivity index (χ0v) is 13.8. The van der Waals surface area contributed by atoms with E-state index >= 15 is 0 Å². The molecule has 1 N–H and O–H groups in total. The van der Waals surface area contributed by atoms with E-state index in [1.165, 1.54) is 0 Å². The van der Waals surface area contributed by atoms with Crippen molar-refractivity contribution in [1.29, 1.82) is 5.26 Å². The van der Waals surface area contributed by atoms with Gasteiger partial charge in [-0.2, -0.15) is 5.26 Å². The van der Waals surface area contributed by atoms with Gasteiger partial charge in [-0.15, -0.1) is 0 Å². The highest BCUT2D eigenvalue weighted by Gasteiger charge is 2.17. The molecule has 0 aliphatic carbocycles. The van der Waals surface area contributed by atoms with Crippen molar-refractivity contribution in [2.45, 2.75) is 0 Å². The minimum absolute atomic E-state index is 0.0873. The number of H-pyrrole nitrogens is 1. The molecule has 0 spiro atoms. The number of aromatic nitrogens is 1. The number of aromatic amines is 1. The lowest BCUT2D eigenvalue weighted by molar-refractivity contribution is 0.103. The summed E-state index contributed by atoms with van der Waals surface area (Å²) in [6.45, 7) is 0. The monoisotopic (exact) mass is 402 g/mol. The van der Waals surface area contributed by atoms with E-state index in [1.807, 2.05) is 12.1 Å². The number of carbonyl (C=O) groups is 1. The van der Waals surface area contributed by atoms with Crippen LogP contribution in [0.3, 0.4) is 0 Å². The van der Waals surface area contributed by atoms with Gasteiger partial charge in [0, 0.05) is 37.2 Å². The Labute approximate surface area is 137 Å². The molecule has 102 valence electrons. The maximum absolute atomic E-state index is 12.7. The first-order valence-electron chi connectivity index (χ1n) is 6.11. The molecule has 3 nitrogen and oxygen atoms in total. The minimum Gasteiger partial charge on any atom is -0.360 e. The van der Waals surface area contributed by atoms with Crippen LogP contribution in [-0.2, 0) is 0 Å². The Bertz CT molecular complexity index is 906. The molecule has 0 atom stereocenters. The lowest BCUT2D eigenvalue weighted by Crippen LogP contribution is -2.01. The number of nitrogens with zero attached hydrogens (tertiary/aromatic N) is 1. The second-order valence-corrected chi connectivity index (χ2v) is 6.30. The fourth-order valence-corrected chi connectivity index (χ4v) is 3.42. The molecule has 0 bridgehead atoms. The van der Waals surface area contributed by atoms with Crippen molar-refractivity contribution in [3.8, 4) is 6.07 Å². The van der Waals surface area contributed by atoms with E-state index in [-0.39, 0.29) is 5.78 Å². The summed E-state index contributed by atoms with van der Waals surface area (Å²) in [6, 6.07) is 12.8. The van der Waals surface area contributed by atoms with Crippen molar-refractivity contribution in [3.63, 3.8) is 0 Å². The maximum Gasteiger partial charge on any atom is 0.196 e. The molecule has 0 unspecified atom stereocenters. The number of nitriles is 1. The van der Waals surface area contributed by atoms with Gasteiger partial charge in [0.25, 0.3) is 0 Å². The molecular weight excluding hydrogens is 396 g/mol. The lowest BCUT2D eigenvalue weighted by Gasteiger charge is -2.04. The highest BCUT2D eigenvalue weighted by atomic mass is 79.9. The van der Waals surface area contributed by atoms with Gasteiger partial charge < -0.3 is 4.98 Å². The number of carbonyl (C=O) groups excluding carboxylic acids is 1. The van der Waals surface area contributed by atoms with Gasteiger partial charge in [0.2, 0.25) is 0 Å². The van der Waals surface area contributed by atoms with Gasteiger partial charge in [-0.25, -0.2) is 0 Å². The lowest BCUT2D eigenvalue weighted by atomic mass is 10.0. The summed E-state index contributed by atoms with van der Waals surface area (Å²) in [6.07, 6.45) is 1.68. The van der Waals surface area contributed by atoms with E-state index in [2.05, 4.69) is 42.9 Å². The Morgan fingerprint density at radius 1 is 1.10 bits per heavy atom. The zero-order chi connectivity index (χ0) is 15.0. The zero-order valence-electron chi connectivity index (χ0n) is 10.7. The van der Waals surface area contributed by atoms with Crippen LogP contribution in [0, 0.1) is 11.3 Å². The SMILES string of the molecule is N#Cc1ccc2[nH]cc(C(=O)c3ccc(Br)cc3Br)c2c1. The summed E-state index contributed by atoms with van der Waals surface area (Å²) in [5.41, 5.74) is 2.52. The van der Waals surface area contributed by atoms with Gasteiger partial charge >= 0.3 is 0 Å². The summed E-state index contributed by atoms with van der Waals surface area (Å²) in [7, 11) is 0. The quantitative estimate of drug-likeness (QED) is 0.625. The van der Waals surface area contributed by atoms with Crippen LogP contribution in [0.25, 0.3) is 10.9 Å². The van der Waals surface area contributed by atoms with Crippen LogP contribution in [0.5, 0.6) is 0 Å². The smallest absolute Gasteiger partial charge is 0.196 e. The molecule has 5 heteroatoms. The Morgan fingerprint density at radius 2 is 1.90 bits per heavy atom. The van der Waals surface area contributed by atoms with E-state index in [1.54, 1.807) is 30.5 Å². The molecule has 21 heavy (non-hydrogen) atoms. The van der Waals surface area contributed by atoms with E-state index in [4.69, 9.17) is 5.26 Å². The predicted molar refractivity (Wildman–Crippen MR) is 88.3 cm³/mol. The van der Waals surface area contributed by atoms with E-state index in [9.17, 15) is 4.79 Å². The molecule has 3 rings (SSSR count). The summed E-state index contributed by atoms with van der Waals surface area (Å²) in [5, 5.41) is 9.76. The third-order valence-corrected chi connectivity index (χ3v) is 4.38. The van der Waals surface area contributed by atoms with Crippen LogP contribution in [0.15, 0.2) is 51.5 Å². The molecule has 0 radical (unpaired) electrons. The Hall–Kier alpha value is -1.90. The first-order valence-corrected chi connectivity index (χ1v) is 7.70. The van der Waals surface area contributed by atoms with Gasteiger partial charge in [0.05, 0.1) is 11.6 Å². The second kappa shape index (κ2) is 5.47. The van der Waals surface area contributed by atoms with Crippen molar-refractivity contribution in [3.05, 3.63) is 68.2 Å². The molecule has 2 aromatic carbocycles. The van der Waals surface area contributed by atoms with Crippen molar-refractivity contribution >= 4 is 48.5 Å². The molecule has 0 aliphatic heterocycles. The summed E-state index contributed by atoms with van der Waals surface area (Å²) in [5.74, 6) is -0.0873. The van der Waals surface area contributed by atoms with Gasteiger partial charge in [0.15, 0.2) is 5.78 Å². The van der Waals surface area contributed by atoms with Gasteiger partial charge in [0.1, 0.15) is 0 Å². The minimum atomic E-state index is -0.0873. The molecule has 0 amide bonds. The van der Waals surface area contributed by atoms with E-state index in [0.717, 1.165) is 19.8 Å². The standard InChI is InChI=1S/C16H8Br2N2O/c17-10-2-3-11(14(18)6-10)16(21)13-8-20-15-4-1-9(7-19)5-12(13)15/h1-6,8,20H. The number of hydrogen-bond donors (Lipinski definition) is 1. The molecule has 0 saturated heterocycles. The Morgan fingerprint density at radius 3 is 2.62 bits per heavy atom. The summed E-state index contributed by atoms with van der Waals surface area (Å²) in [4.78, 5) is 15.8. The number of hydrogen-bond acceptors (Lipinski definition) is 2.